The fourth-order valence-corrected chi connectivity index (χ4v) is 2.46. The van der Waals surface area contributed by atoms with Crippen LogP contribution in [0.5, 0.6) is 5.75 Å². The minimum absolute atomic E-state index is 0.474. The molecule has 1 N–H and O–H groups in total. The summed E-state index contributed by atoms with van der Waals surface area (Å²) in [6, 6.07) is 9.56. The van der Waals surface area contributed by atoms with Crippen molar-refractivity contribution in [2.24, 2.45) is 0 Å². The summed E-state index contributed by atoms with van der Waals surface area (Å²) in [6.07, 6.45) is 2.42. The van der Waals surface area contributed by atoms with Gasteiger partial charge in [-0.2, -0.15) is 0 Å². The van der Waals surface area contributed by atoms with Gasteiger partial charge in [-0.25, -0.2) is 0 Å². The van der Waals surface area contributed by atoms with E-state index in [-0.39, 0.29) is 0 Å². The third-order valence-electron chi connectivity index (χ3n) is 3.62. The Morgan fingerprint density at radius 3 is 2.53 bits per heavy atom. The van der Waals surface area contributed by atoms with E-state index in [9.17, 15) is 0 Å². The molecule has 2 rings (SSSR count). The van der Waals surface area contributed by atoms with E-state index in [0.717, 1.165) is 12.3 Å². The normalized spacial score (nSPS) is 24.9. The van der Waals surface area contributed by atoms with Crippen LogP contribution in [0.2, 0.25) is 0 Å². The van der Waals surface area contributed by atoms with E-state index in [1.54, 1.807) is 7.11 Å². The molecule has 0 saturated carbocycles. The van der Waals surface area contributed by atoms with Crippen molar-refractivity contribution in [1.29, 1.82) is 0 Å². The molecule has 0 amide bonds. The summed E-state index contributed by atoms with van der Waals surface area (Å²) in [5, 5.41) is 3.59. The van der Waals surface area contributed by atoms with E-state index >= 15 is 0 Å². The van der Waals surface area contributed by atoms with Gasteiger partial charge in [0.1, 0.15) is 5.75 Å². The maximum Gasteiger partial charge on any atom is 0.118 e. The van der Waals surface area contributed by atoms with Crippen molar-refractivity contribution < 1.29 is 4.74 Å². The van der Waals surface area contributed by atoms with E-state index in [2.05, 4.69) is 36.4 Å². The summed E-state index contributed by atoms with van der Waals surface area (Å²) in [5.74, 6) is 0.925. The lowest BCUT2D eigenvalue weighted by Gasteiger charge is -2.34. The highest BCUT2D eigenvalue weighted by atomic mass is 16.5. The number of benzene rings is 1. The van der Waals surface area contributed by atoms with Crippen LogP contribution < -0.4 is 10.1 Å². The molecule has 1 aliphatic heterocycles. The SMILES string of the molecule is COc1ccc(C2CC(N(C)C)CCN2)cc1. The van der Waals surface area contributed by atoms with Crippen molar-refractivity contribution in [2.75, 3.05) is 27.7 Å². The van der Waals surface area contributed by atoms with Crippen molar-refractivity contribution in [3.8, 4) is 5.75 Å². The second-order valence-corrected chi connectivity index (χ2v) is 4.92. The summed E-state index contributed by atoms with van der Waals surface area (Å²) in [5.41, 5.74) is 1.36. The molecule has 0 spiro atoms. The molecule has 2 unspecified atom stereocenters. The molecular weight excluding hydrogens is 212 g/mol. The largest absolute Gasteiger partial charge is 0.497 e. The molecule has 17 heavy (non-hydrogen) atoms. The third-order valence-corrected chi connectivity index (χ3v) is 3.62. The Morgan fingerprint density at radius 2 is 1.94 bits per heavy atom. The molecule has 1 heterocycles. The van der Waals surface area contributed by atoms with Gasteiger partial charge in [0.25, 0.3) is 0 Å². The number of hydrogen-bond acceptors (Lipinski definition) is 3. The molecule has 94 valence electrons. The van der Waals surface area contributed by atoms with Crippen LogP contribution in [0, 0.1) is 0 Å². The molecular formula is C14H22N2O. The highest BCUT2D eigenvalue weighted by Crippen LogP contribution is 2.26. The topological polar surface area (TPSA) is 24.5 Å². The zero-order valence-corrected chi connectivity index (χ0v) is 10.9. The second kappa shape index (κ2) is 5.52. The number of hydrogen-bond donors (Lipinski definition) is 1. The molecule has 0 bridgehead atoms. The fourth-order valence-electron chi connectivity index (χ4n) is 2.46. The first-order chi connectivity index (χ1) is 8.20. The van der Waals surface area contributed by atoms with Gasteiger partial charge in [0.2, 0.25) is 0 Å². The van der Waals surface area contributed by atoms with Crippen LogP contribution in [-0.2, 0) is 0 Å². The van der Waals surface area contributed by atoms with Crippen molar-refractivity contribution in [1.82, 2.24) is 10.2 Å². The van der Waals surface area contributed by atoms with Gasteiger partial charge < -0.3 is 15.0 Å². The summed E-state index contributed by atoms with van der Waals surface area (Å²) >= 11 is 0. The van der Waals surface area contributed by atoms with Gasteiger partial charge in [-0.3, -0.25) is 0 Å². The van der Waals surface area contributed by atoms with Gasteiger partial charge in [0.15, 0.2) is 0 Å². The average Bonchev–Trinajstić information content (AvgIpc) is 2.39. The number of ether oxygens (including phenoxy) is 1. The van der Waals surface area contributed by atoms with Gasteiger partial charge >= 0.3 is 0 Å². The van der Waals surface area contributed by atoms with Crippen molar-refractivity contribution in [2.45, 2.75) is 24.9 Å². The van der Waals surface area contributed by atoms with E-state index in [4.69, 9.17) is 4.74 Å². The van der Waals surface area contributed by atoms with Gasteiger partial charge in [0, 0.05) is 12.1 Å². The number of piperidine rings is 1. The van der Waals surface area contributed by atoms with Gasteiger partial charge in [-0.1, -0.05) is 12.1 Å². The Balaban J connectivity index is 2.05. The smallest absolute Gasteiger partial charge is 0.118 e. The lowest BCUT2D eigenvalue weighted by atomic mass is 9.93. The summed E-state index contributed by atoms with van der Waals surface area (Å²) in [6.45, 7) is 1.10. The average molecular weight is 234 g/mol. The van der Waals surface area contributed by atoms with Crippen LogP contribution in [0.25, 0.3) is 0 Å². The van der Waals surface area contributed by atoms with Crippen molar-refractivity contribution in [3.05, 3.63) is 29.8 Å². The van der Waals surface area contributed by atoms with Crippen LogP contribution in [0.4, 0.5) is 0 Å². The Kier molecular flexibility index (Phi) is 4.02. The Bertz CT molecular complexity index is 348. The first-order valence-electron chi connectivity index (χ1n) is 6.24. The molecule has 1 aromatic rings. The number of rotatable bonds is 3. The summed E-state index contributed by atoms with van der Waals surface area (Å²) in [4.78, 5) is 2.33. The van der Waals surface area contributed by atoms with Crippen LogP contribution in [0.1, 0.15) is 24.4 Å². The lowest BCUT2D eigenvalue weighted by molar-refractivity contribution is 0.207. The predicted molar refractivity (Wildman–Crippen MR) is 70.4 cm³/mol. The van der Waals surface area contributed by atoms with Crippen LogP contribution >= 0.6 is 0 Å². The first kappa shape index (κ1) is 12.4. The maximum absolute atomic E-state index is 5.19. The number of nitrogens with zero attached hydrogens (tertiary/aromatic N) is 1. The molecule has 3 heteroatoms. The van der Waals surface area contributed by atoms with Gasteiger partial charge in [0.05, 0.1) is 7.11 Å². The van der Waals surface area contributed by atoms with Gasteiger partial charge in [-0.15, -0.1) is 0 Å². The summed E-state index contributed by atoms with van der Waals surface area (Å²) < 4.78 is 5.19. The zero-order chi connectivity index (χ0) is 12.3. The van der Waals surface area contributed by atoms with Crippen LogP contribution in [0.15, 0.2) is 24.3 Å². The molecule has 0 aliphatic carbocycles. The molecule has 1 saturated heterocycles. The van der Waals surface area contributed by atoms with Crippen molar-refractivity contribution in [3.63, 3.8) is 0 Å². The van der Waals surface area contributed by atoms with Gasteiger partial charge in [-0.05, 0) is 51.2 Å². The third kappa shape index (κ3) is 2.99. The predicted octanol–water partition coefficient (Wildman–Crippen LogP) is 2.05. The zero-order valence-electron chi connectivity index (χ0n) is 10.9. The first-order valence-corrected chi connectivity index (χ1v) is 6.24. The highest BCUT2D eigenvalue weighted by molar-refractivity contribution is 5.29. The molecule has 3 nitrogen and oxygen atoms in total. The monoisotopic (exact) mass is 234 g/mol. The molecule has 0 aromatic heterocycles. The quantitative estimate of drug-likeness (QED) is 0.866. The minimum Gasteiger partial charge on any atom is -0.497 e. The van der Waals surface area contributed by atoms with Crippen LogP contribution in [-0.4, -0.2) is 38.7 Å². The minimum atomic E-state index is 0.474. The molecule has 1 aliphatic rings. The molecule has 1 aromatic carbocycles. The Hall–Kier alpha value is -1.06. The lowest BCUT2D eigenvalue weighted by Crippen LogP contribution is -2.41. The van der Waals surface area contributed by atoms with E-state index < -0.39 is 0 Å². The van der Waals surface area contributed by atoms with E-state index in [0.29, 0.717) is 12.1 Å². The van der Waals surface area contributed by atoms with E-state index in [1.165, 1.54) is 18.4 Å². The molecule has 0 radical (unpaired) electrons. The standard InChI is InChI=1S/C14H22N2O/c1-16(2)12-8-9-15-14(10-12)11-4-6-13(17-3)7-5-11/h4-7,12,14-15H,8-10H2,1-3H3. The van der Waals surface area contributed by atoms with Crippen LogP contribution in [0.3, 0.4) is 0 Å². The Morgan fingerprint density at radius 1 is 1.24 bits per heavy atom. The maximum atomic E-state index is 5.19. The molecule has 2 atom stereocenters. The highest BCUT2D eigenvalue weighted by Gasteiger charge is 2.23. The number of methoxy groups -OCH3 is 1. The van der Waals surface area contributed by atoms with E-state index in [1.807, 2.05) is 12.1 Å². The fraction of sp³-hybridized carbons (Fsp3) is 0.571. The Labute approximate surface area is 104 Å². The molecule has 1 fully saturated rings. The number of nitrogens with one attached hydrogen (secondary N) is 1. The van der Waals surface area contributed by atoms with Crippen molar-refractivity contribution >= 4 is 0 Å². The second-order valence-electron chi connectivity index (χ2n) is 4.92. The summed E-state index contributed by atoms with van der Waals surface area (Å²) in [7, 11) is 6.04.